The summed E-state index contributed by atoms with van der Waals surface area (Å²) < 4.78 is 0. The summed E-state index contributed by atoms with van der Waals surface area (Å²) in [7, 11) is 0. The van der Waals surface area contributed by atoms with Gasteiger partial charge in [0.2, 0.25) is 11.0 Å². The number of hydrogen-bond donors (Lipinski definition) is 3. The molecule has 2 aromatic carbocycles. The van der Waals surface area contributed by atoms with Gasteiger partial charge in [0.05, 0.1) is 0 Å². The summed E-state index contributed by atoms with van der Waals surface area (Å²) in [5.74, 6) is -0.434. The average molecular weight is 458 g/mol. The molecule has 2 unspecified atom stereocenters. The second kappa shape index (κ2) is 10.4. The van der Waals surface area contributed by atoms with Crippen molar-refractivity contribution in [1.82, 2.24) is 15.5 Å². The van der Waals surface area contributed by atoms with Crippen molar-refractivity contribution in [2.75, 3.05) is 10.6 Å². The van der Waals surface area contributed by atoms with E-state index in [9.17, 15) is 9.59 Å². The van der Waals surface area contributed by atoms with Crippen molar-refractivity contribution in [3.05, 3.63) is 59.1 Å². The fourth-order valence-electron chi connectivity index (χ4n) is 2.84. The van der Waals surface area contributed by atoms with Gasteiger partial charge in [-0.2, -0.15) is 0 Å². The molecule has 9 heteroatoms. The Kier molecular flexibility index (Phi) is 7.59. The fourth-order valence-corrected chi connectivity index (χ4v) is 3.77. The Labute approximate surface area is 190 Å². The van der Waals surface area contributed by atoms with E-state index in [1.165, 1.54) is 11.3 Å². The van der Waals surface area contributed by atoms with Crippen LogP contribution in [0.1, 0.15) is 25.8 Å². The molecule has 162 valence electrons. The van der Waals surface area contributed by atoms with E-state index in [0.717, 1.165) is 11.1 Å². The van der Waals surface area contributed by atoms with Crippen LogP contribution in [0.2, 0.25) is 5.02 Å². The molecule has 3 rings (SSSR count). The van der Waals surface area contributed by atoms with Gasteiger partial charge < -0.3 is 10.6 Å². The van der Waals surface area contributed by atoms with Crippen LogP contribution >= 0.6 is 22.9 Å². The number of nitrogens with zero attached hydrogens (tertiary/aromatic N) is 2. The van der Waals surface area contributed by atoms with Crippen molar-refractivity contribution in [2.24, 2.45) is 5.92 Å². The highest BCUT2D eigenvalue weighted by atomic mass is 35.5. The number of anilines is 2. The number of nitrogens with one attached hydrogen (secondary N) is 3. The van der Waals surface area contributed by atoms with Gasteiger partial charge in [0, 0.05) is 16.3 Å². The lowest BCUT2D eigenvalue weighted by Gasteiger charge is -2.23. The molecule has 1 aromatic heterocycles. The smallest absolute Gasteiger partial charge is 0.319 e. The summed E-state index contributed by atoms with van der Waals surface area (Å²) in [5, 5.41) is 18.1. The van der Waals surface area contributed by atoms with E-state index in [2.05, 4.69) is 26.1 Å². The van der Waals surface area contributed by atoms with E-state index in [-0.39, 0.29) is 11.8 Å². The molecule has 0 radical (unpaired) electrons. The molecule has 3 N–H and O–H groups in total. The van der Waals surface area contributed by atoms with Crippen molar-refractivity contribution < 1.29 is 9.59 Å². The molecule has 0 fully saturated rings. The predicted octanol–water partition coefficient (Wildman–Crippen LogP) is 5.34. The number of halogens is 1. The van der Waals surface area contributed by atoms with Crippen LogP contribution in [0, 0.1) is 12.8 Å². The molecular weight excluding hydrogens is 434 g/mol. The number of carbonyl (C=O) groups excluding carboxylic acids is 2. The first-order valence-electron chi connectivity index (χ1n) is 9.90. The number of hydrogen-bond acceptors (Lipinski definition) is 5. The number of aromatic nitrogens is 2. The molecule has 3 aromatic rings. The summed E-state index contributed by atoms with van der Waals surface area (Å²) in [5.41, 5.74) is 2.39. The third-order valence-electron chi connectivity index (χ3n) is 4.89. The molecule has 0 aliphatic rings. The lowest BCUT2D eigenvalue weighted by Crippen LogP contribution is -2.49. The largest absolute Gasteiger partial charge is 0.326 e. The van der Waals surface area contributed by atoms with Crippen LogP contribution in [0.25, 0.3) is 10.6 Å². The van der Waals surface area contributed by atoms with Gasteiger partial charge in [0.15, 0.2) is 0 Å². The highest BCUT2D eigenvalue weighted by molar-refractivity contribution is 7.18. The molecule has 0 bridgehead atoms. The number of rotatable bonds is 7. The average Bonchev–Trinajstić information content (AvgIpc) is 3.23. The van der Waals surface area contributed by atoms with Gasteiger partial charge in [-0.25, -0.2) is 4.79 Å². The van der Waals surface area contributed by atoms with E-state index in [0.29, 0.717) is 27.3 Å². The Morgan fingerprint density at radius 2 is 1.84 bits per heavy atom. The van der Waals surface area contributed by atoms with Gasteiger partial charge in [-0.1, -0.05) is 79.6 Å². The lowest BCUT2D eigenvalue weighted by molar-refractivity contribution is -0.119. The number of aryl methyl sites for hydroxylation is 1. The van der Waals surface area contributed by atoms with Crippen LogP contribution < -0.4 is 16.0 Å². The van der Waals surface area contributed by atoms with Crippen LogP contribution in [-0.4, -0.2) is 28.2 Å². The SMILES string of the molecule is CCC(C)C(NC(=O)Nc1ccc(C)c(Cl)c1)C(=O)Nc1nnc(-c2ccccc2)s1. The topological polar surface area (TPSA) is 96.0 Å². The van der Waals surface area contributed by atoms with Crippen molar-refractivity contribution >= 4 is 45.7 Å². The minimum Gasteiger partial charge on any atom is -0.326 e. The molecule has 0 aliphatic heterocycles. The molecule has 0 aliphatic carbocycles. The second-order valence-electron chi connectivity index (χ2n) is 7.19. The molecule has 31 heavy (non-hydrogen) atoms. The zero-order valence-corrected chi connectivity index (χ0v) is 19.1. The molecule has 1 heterocycles. The number of benzene rings is 2. The summed E-state index contributed by atoms with van der Waals surface area (Å²) in [6.07, 6.45) is 0.708. The minimum absolute atomic E-state index is 0.0890. The highest BCUT2D eigenvalue weighted by Gasteiger charge is 2.27. The standard InChI is InChI=1S/C22H24ClN5O2S/c1-4-13(2)18(25-21(30)24-16-11-10-14(3)17(23)12-16)19(29)26-22-28-27-20(31-22)15-8-6-5-7-9-15/h5-13,18H,4H2,1-3H3,(H2,24,25,30)(H,26,28,29). The Bertz CT molecular complexity index is 1060. The summed E-state index contributed by atoms with van der Waals surface area (Å²) in [4.78, 5) is 25.4. The fraction of sp³-hybridized carbons (Fsp3) is 0.273. The van der Waals surface area contributed by atoms with Gasteiger partial charge >= 0.3 is 6.03 Å². The Morgan fingerprint density at radius 1 is 1.10 bits per heavy atom. The Balaban J connectivity index is 1.67. The molecule has 2 atom stereocenters. The first kappa shape index (κ1) is 22.7. The third kappa shape index (κ3) is 6.02. The van der Waals surface area contributed by atoms with Gasteiger partial charge in [0.1, 0.15) is 11.0 Å². The first-order valence-corrected chi connectivity index (χ1v) is 11.1. The number of carbonyl (C=O) groups is 2. The van der Waals surface area contributed by atoms with Gasteiger partial charge in [-0.05, 0) is 30.5 Å². The van der Waals surface area contributed by atoms with Crippen molar-refractivity contribution in [3.8, 4) is 10.6 Å². The summed E-state index contributed by atoms with van der Waals surface area (Å²) in [6.45, 7) is 5.75. The van der Waals surface area contributed by atoms with Crippen molar-refractivity contribution in [2.45, 2.75) is 33.2 Å². The molecule has 0 saturated heterocycles. The van der Waals surface area contributed by atoms with E-state index < -0.39 is 12.1 Å². The van der Waals surface area contributed by atoms with Gasteiger partial charge in [0.25, 0.3) is 0 Å². The molecular formula is C22H24ClN5O2S. The van der Waals surface area contributed by atoms with Crippen LogP contribution in [0.5, 0.6) is 0 Å². The maximum atomic E-state index is 12.9. The van der Waals surface area contributed by atoms with Crippen molar-refractivity contribution in [3.63, 3.8) is 0 Å². The number of urea groups is 1. The summed E-state index contributed by atoms with van der Waals surface area (Å²) in [6, 6.07) is 13.6. The van der Waals surface area contributed by atoms with Gasteiger partial charge in [-0.15, -0.1) is 10.2 Å². The zero-order chi connectivity index (χ0) is 22.4. The maximum Gasteiger partial charge on any atom is 0.319 e. The quantitative estimate of drug-likeness (QED) is 0.446. The zero-order valence-electron chi connectivity index (χ0n) is 17.5. The van der Waals surface area contributed by atoms with E-state index in [1.807, 2.05) is 57.2 Å². The van der Waals surface area contributed by atoms with Crippen LogP contribution in [0.4, 0.5) is 15.6 Å². The van der Waals surface area contributed by atoms with Gasteiger partial charge in [-0.3, -0.25) is 10.1 Å². The molecule has 3 amide bonds. The predicted molar refractivity (Wildman–Crippen MR) is 126 cm³/mol. The highest BCUT2D eigenvalue weighted by Crippen LogP contribution is 2.26. The normalized spacial score (nSPS) is 12.6. The van der Waals surface area contributed by atoms with Crippen LogP contribution in [0.3, 0.4) is 0 Å². The van der Waals surface area contributed by atoms with Crippen molar-refractivity contribution in [1.29, 1.82) is 0 Å². The molecule has 7 nitrogen and oxygen atoms in total. The van der Waals surface area contributed by atoms with E-state index in [4.69, 9.17) is 11.6 Å². The second-order valence-corrected chi connectivity index (χ2v) is 8.58. The van der Waals surface area contributed by atoms with E-state index >= 15 is 0 Å². The monoisotopic (exact) mass is 457 g/mol. The minimum atomic E-state index is -0.741. The molecule has 0 saturated carbocycles. The Hall–Kier alpha value is -2.97. The summed E-state index contributed by atoms with van der Waals surface area (Å²) >= 11 is 7.39. The first-order chi connectivity index (χ1) is 14.9. The number of amides is 3. The maximum absolute atomic E-state index is 12.9. The van der Waals surface area contributed by atoms with Crippen LogP contribution in [0.15, 0.2) is 48.5 Å². The lowest BCUT2D eigenvalue weighted by atomic mass is 9.98. The third-order valence-corrected chi connectivity index (χ3v) is 6.18. The Morgan fingerprint density at radius 3 is 2.52 bits per heavy atom. The van der Waals surface area contributed by atoms with E-state index in [1.54, 1.807) is 12.1 Å². The van der Waals surface area contributed by atoms with Crippen LogP contribution in [-0.2, 0) is 4.79 Å². The molecule has 0 spiro atoms.